The molecule has 0 N–H and O–H groups in total. The van der Waals surface area contributed by atoms with Gasteiger partial charge < -0.3 is 9.47 Å². The van der Waals surface area contributed by atoms with Crippen molar-refractivity contribution in [3.05, 3.63) is 29.8 Å². The molecule has 0 bridgehead atoms. The molecule has 82 valence electrons. The summed E-state index contributed by atoms with van der Waals surface area (Å²) in [5.74, 6) is 0.344. The summed E-state index contributed by atoms with van der Waals surface area (Å²) in [4.78, 5) is 10.8. The first-order valence-electron chi connectivity index (χ1n) is 4.61. The highest BCUT2D eigenvalue weighted by Crippen LogP contribution is 2.14. The van der Waals surface area contributed by atoms with Crippen LogP contribution in [0.15, 0.2) is 24.3 Å². The summed E-state index contributed by atoms with van der Waals surface area (Å²) >= 11 is 2.33. The van der Waals surface area contributed by atoms with Crippen molar-refractivity contribution in [3.8, 4) is 5.75 Å². The zero-order chi connectivity index (χ0) is 11.1. The molecule has 0 radical (unpaired) electrons. The van der Waals surface area contributed by atoms with Crippen LogP contribution >= 0.6 is 22.6 Å². The van der Waals surface area contributed by atoms with Crippen LogP contribution < -0.4 is 4.74 Å². The third-order valence-corrected chi connectivity index (χ3v) is 2.41. The lowest BCUT2D eigenvalue weighted by Crippen LogP contribution is -2.12. The van der Waals surface area contributed by atoms with Crippen LogP contribution in [0.2, 0.25) is 0 Å². The molecule has 0 spiro atoms. The van der Waals surface area contributed by atoms with Crippen LogP contribution in [0.5, 0.6) is 5.75 Å². The molecule has 0 aliphatic heterocycles. The lowest BCUT2D eigenvalue weighted by Gasteiger charge is -2.06. The van der Waals surface area contributed by atoms with Gasteiger partial charge in [-0.1, -0.05) is 34.7 Å². The van der Waals surface area contributed by atoms with Gasteiger partial charge in [0.2, 0.25) is 0 Å². The zero-order valence-corrected chi connectivity index (χ0v) is 10.7. The van der Waals surface area contributed by atoms with Gasteiger partial charge >= 0.3 is 5.97 Å². The van der Waals surface area contributed by atoms with Crippen LogP contribution in [0.25, 0.3) is 0 Å². The summed E-state index contributed by atoms with van der Waals surface area (Å²) < 4.78 is 10.8. The molecule has 0 aromatic heterocycles. The Morgan fingerprint density at radius 2 is 2.27 bits per heavy atom. The number of hydrogen-bond donors (Lipinski definition) is 0. The fourth-order valence-electron chi connectivity index (χ4n) is 1.10. The molecule has 0 saturated carbocycles. The highest BCUT2D eigenvalue weighted by molar-refractivity contribution is 14.1. The van der Waals surface area contributed by atoms with Crippen molar-refractivity contribution in [2.24, 2.45) is 0 Å². The minimum absolute atomic E-state index is 0.0375. The molecule has 3 nitrogen and oxygen atoms in total. The first-order valence-corrected chi connectivity index (χ1v) is 6.13. The van der Waals surface area contributed by atoms with Crippen LogP contribution in [0, 0.1) is 0 Å². The Labute approximate surface area is 103 Å². The molecule has 0 aliphatic carbocycles. The monoisotopic (exact) mass is 320 g/mol. The Morgan fingerprint density at radius 3 is 2.93 bits per heavy atom. The topological polar surface area (TPSA) is 35.5 Å². The van der Waals surface area contributed by atoms with Gasteiger partial charge in [-0.3, -0.25) is 0 Å². The predicted molar refractivity (Wildman–Crippen MR) is 66.5 cm³/mol. The standard InChI is InChI=1S/C11H13IO3/c1-14-11(13)8-15-10-4-2-3-9(7-10)5-6-12/h2-4,7H,5-6,8H2,1H3. The maximum absolute atomic E-state index is 10.8. The van der Waals surface area contributed by atoms with E-state index in [0.29, 0.717) is 5.75 Å². The highest BCUT2D eigenvalue weighted by atomic mass is 127. The van der Waals surface area contributed by atoms with Gasteiger partial charge in [0.1, 0.15) is 5.75 Å². The van der Waals surface area contributed by atoms with E-state index in [0.717, 1.165) is 10.8 Å². The van der Waals surface area contributed by atoms with Crippen LogP contribution in [0.1, 0.15) is 5.56 Å². The molecule has 0 saturated heterocycles. The zero-order valence-electron chi connectivity index (χ0n) is 8.53. The number of carbonyl (C=O) groups is 1. The maximum atomic E-state index is 10.8. The fraction of sp³-hybridized carbons (Fsp3) is 0.364. The van der Waals surface area contributed by atoms with E-state index < -0.39 is 0 Å². The number of alkyl halides is 1. The Hall–Kier alpha value is -0.780. The highest BCUT2D eigenvalue weighted by Gasteiger charge is 2.01. The minimum atomic E-state index is -0.366. The summed E-state index contributed by atoms with van der Waals surface area (Å²) in [7, 11) is 1.35. The van der Waals surface area contributed by atoms with Crippen molar-refractivity contribution >= 4 is 28.6 Å². The van der Waals surface area contributed by atoms with Gasteiger partial charge in [0.15, 0.2) is 6.61 Å². The summed E-state index contributed by atoms with van der Waals surface area (Å²) in [6.07, 6.45) is 1.01. The van der Waals surface area contributed by atoms with Crippen LogP contribution in [-0.2, 0) is 16.0 Å². The van der Waals surface area contributed by atoms with Crippen molar-refractivity contribution in [3.63, 3.8) is 0 Å². The number of esters is 1. The van der Waals surface area contributed by atoms with E-state index in [-0.39, 0.29) is 12.6 Å². The summed E-state index contributed by atoms with van der Waals surface area (Å²) in [5, 5.41) is 0. The van der Waals surface area contributed by atoms with Crippen molar-refractivity contribution in [1.82, 2.24) is 0 Å². The molecule has 1 aromatic carbocycles. The number of rotatable bonds is 5. The van der Waals surface area contributed by atoms with Crippen LogP contribution in [-0.4, -0.2) is 24.1 Å². The Bertz CT molecular complexity index is 325. The normalized spacial score (nSPS) is 9.73. The summed E-state index contributed by atoms with van der Waals surface area (Å²) in [6, 6.07) is 7.75. The molecule has 1 aromatic rings. The quantitative estimate of drug-likeness (QED) is 0.474. The fourth-order valence-corrected chi connectivity index (χ4v) is 1.72. The van der Waals surface area contributed by atoms with Gasteiger partial charge in [0.25, 0.3) is 0 Å². The Kier molecular flexibility index (Phi) is 5.45. The first kappa shape index (κ1) is 12.3. The van der Waals surface area contributed by atoms with E-state index in [1.54, 1.807) is 0 Å². The number of ether oxygens (including phenoxy) is 2. The SMILES string of the molecule is COC(=O)COc1cccc(CCI)c1. The van der Waals surface area contributed by atoms with Crippen molar-refractivity contribution in [2.75, 3.05) is 18.1 Å². The minimum Gasteiger partial charge on any atom is -0.482 e. The molecule has 0 atom stereocenters. The first-order chi connectivity index (χ1) is 7.26. The lowest BCUT2D eigenvalue weighted by molar-refractivity contribution is -0.142. The molecular weight excluding hydrogens is 307 g/mol. The number of hydrogen-bond acceptors (Lipinski definition) is 3. The van der Waals surface area contributed by atoms with E-state index in [9.17, 15) is 4.79 Å². The van der Waals surface area contributed by atoms with E-state index in [1.807, 2.05) is 24.3 Å². The average Bonchev–Trinajstić information content (AvgIpc) is 2.27. The number of methoxy groups -OCH3 is 1. The predicted octanol–water partition coefficient (Wildman–Crippen LogP) is 2.22. The Balaban J connectivity index is 2.53. The molecule has 0 amide bonds. The van der Waals surface area contributed by atoms with Gasteiger partial charge in [-0.25, -0.2) is 4.79 Å². The summed E-state index contributed by atoms with van der Waals surface area (Å²) in [6.45, 7) is -0.0375. The van der Waals surface area contributed by atoms with Gasteiger partial charge in [-0.2, -0.15) is 0 Å². The Morgan fingerprint density at radius 1 is 1.47 bits per heavy atom. The third-order valence-electron chi connectivity index (χ3n) is 1.87. The molecule has 0 fully saturated rings. The smallest absolute Gasteiger partial charge is 0.343 e. The van der Waals surface area contributed by atoms with E-state index in [1.165, 1.54) is 12.7 Å². The molecule has 1 rings (SSSR count). The second-order valence-electron chi connectivity index (χ2n) is 2.95. The van der Waals surface area contributed by atoms with E-state index in [4.69, 9.17) is 4.74 Å². The maximum Gasteiger partial charge on any atom is 0.343 e. The molecule has 0 unspecified atom stereocenters. The molecule has 15 heavy (non-hydrogen) atoms. The van der Waals surface area contributed by atoms with Gasteiger partial charge in [0, 0.05) is 4.43 Å². The van der Waals surface area contributed by atoms with E-state index in [2.05, 4.69) is 27.3 Å². The number of aryl methyl sites for hydroxylation is 1. The van der Waals surface area contributed by atoms with Crippen molar-refractivity contribution in [2.45, 2.75) is 6.42 Å². The average molecular weight is 320 g/mol. The molecule has 0 aliphatic rings. The number of benzene rings is 1. The van der Waals surface area contributed by atoms with Crippen molar-refractivity contribution in [1.29, 1.82) is 0 Å². The van der Waals surface area contributed by atoms with Gasteiger partial charge in [0.05, 0.1) is 7.11 Å². The molecule has 4 heteroatoms. The lowest BCUT2D eigenvalue weighted by atomic mass is 10.2. The second-order valence-corrected chi connectivity index (χ2v) is 4.03. The second kappa shape index (κ2) is 6.66. The summed E-state index contributed by atoms with van der Waals surface area (Å²) in [5.41, 5.74) is 1.21. The van der Waals surface area contributed by atoms with Gasteiger partial charge in [-0.05, 0) is 24.1 Å². The van der Waals surface area contributed by atoms with Crippen LogP contribution in [0.4, 0.5) is 0 Å². The largest absolute Gasteiger partial charge is 0.482 e. The molecular formula is C11H13IO3. The van der Waals surface area contributed by atoms with Crippen molar-refractivity contribution < 1.29 is 14.3 Å². The van der Waals surface area contributed by atoms with Gasteiger partial charge in [-0.15, -0.1) is 0 Å². The molecule has 0 heterocycles. The number of halogens is 1. The third kappa shape index (κ3) is 4.51. The number of carbonyl (C=O) groups excluding carboxylic acids is 1. The van der Waals surface area contributed by atoms with Crippen LogP contribution in [0.3, 0.4) is 0 Å². The van der Waals surface area contributed by atoms with E-state index >= 15 is 0 Å².